The molecule has 1 amide bonds. The number of aliphatic carboxylic acids is 1. The molecule has 150 valence electrons. The van der Waals surface area contributed by atoms with Gasteiger partial charge in [0.1, 0.15) is 0 Å². The number of carbonyl (C=O) groups is 2. The Bertz CT molecular complexity index is 756. The summed E-state index contributed by atoms with van der Waals surface area (Å²) in [6.07, 6.45) is 1.91. The van der Waals surface area contributed by atoms with Gasteiger partial charge in [-0.05, 0) is 51.0 Å². The molecular formula is C18H27N3O5S. The van der Waals surface area contributed by atoms with Gasteiger partial charge in [-0.2, -0.15) is 4.31 Å². The number of carboxylic acids is 1. The van der Waals surface area contributed by atoms with Crippen LogP contribution in [0.3, 0.4) is 0 Å². The monoisotopic (exact) mass is 397 g/mol. The summed E-state index contributed by atoms with van der Waals surface area (Å²) < 4.78 is 26.4. The summed E-state index contributed by atoms with van der Waals surface area (Å²) in [5.74, 6) is -1.18. The second-order valence-corrected chi connectivity index (χ2v) is 8.83. The summed E-state index contributed by atoms with van der Waals surface area (Å²) >= 11 is 0. The van der Waals surface area contributed by atoms with Crippen molar-refractivity contribution in [3.63, 3.8) is 0 Å². The Balaban J connectivity index is 1.92. The number of amides is 1. The van der Waals surface area contributed by atoms with Crippen LogP contribution in [0.1, 0.15) is 33.1 Å². The zero-order chi connectivity index (χ0) is 20.0. The fourth-order valence-electron chi connectivity index (χ4n) is 2.95. The first-order chi connectivity index (χ1) is 12.7. The van der Waals surface area contributed by atoms with E-state index in [1.807, 2.05) is 13.8 Å². The van der Waals surface area contributed by atoms with E-state index in [-0.39, 0.29) is 29.8 Å². The lowest BCUT2D eigenvalue weighted by Crippen LogP contribution is -2.37. The lowest BCUT2D eigenvalue weighted by atomic mass is 10.2. The third kappa shape index (κ3) is 6.02. The van der Waals surface area contributed by atoms with Crippen LogP contribution in [0.5, 0.6) is 0 Å². The lowest BCUT2D eigenvalue weighted by Gasteiger charge is -2.24. The van der Waals surface area contributed by atoms with Crippen LogP contribution in [0, 0.1) is 0 Å². The molecule has 2 rings (SSSR count). The third-order valence-corrected chi connectivity index (χ3v) is 6.45. The van der Waals surface area contributed by atoms with E-state index in [0.717, 1.165) is 12.8 Å². The normalized spacial score (nSPS) is 15.4. The maximum atomic E-state index is 12.5. The number of rotatable bonds is 9. The Morgan fingerprint density at radius 2 is 1.78 bits per heavy atom. The molecule has 0 spiro atoms. The summed E-state index contributed by atoms with van der Waals surface area (Å²) in [4.78, 5) is 24.9. The maximum absolute atomic E-state index is 12.5. The van der Waals surface area contributed by atoms with Gasteiger partial charge in [-0.3, -0.25) is 14.5 Å². The summed E-state index contributed by atoms with van der Waals surface area (Å²) in [6.45, 7) is 5.05. The molecule has 0 atom stereocenters. The van der Waals surface area contributed by atoms with Gasteiger partial charge in [-0.25, -0.2) is 8.42 Å². The first-order valence-electron chi connectivity index (χ1n) is 9.06. The van der Waals surface area contributed by atoms with Crippen molar-refractivity contribution in [3.8, 4) is 0 Å². The van der Waals surface area contributed by atoms with Crippen LogP contribution in [-0.2, 0) is 19.6 Å². The molecule has 27 heavy (non-hydrogen) atoms. The molecule has 1 aliphatic rings. The van der Waals surface area contributed by atoms with E-state index in [4.69, 9.17) is 5.11 Å². The van der Waals surface area contributed by atoms with Gasteiger partial charge in [0.25, 0.3) is 0 Å². The van der Waals surface area contributed by atoms with E-state index in [1.165, 1.54) is 16.4 Å². The third-order valence-electron chi connectivity index (χ3n) is 4.54. The smallest absolute Gasteiger partial charge is 0.317 e. The van der Waals surface area contributed by atoms with Crippen LogP contribution < -0.4 is 5.32 Å². The predicted octanol–water partition coefficient (Wildman–Crippen LogP) is 1.59. The maximum Gasteiger partial charge on any atom is 0.317 e. The molecule has 8 nitrogen and oxygen atoms in total. The highest BCUT2D eigenvalue weighted by atomic mass is 32.2. The fourth-order valence-corrected chi connectivity index (χ4v) is 4.47. The minimum absolute atomic E-state index is 0.0176. The fraction of sp³-hybridized carbons (Fsp3) is 0.556. The number of sulfonamides is 1. The number of carboxylic acid groups (broad SMARTS) is 1. The number of anilines is 1. The molecule has 1 saturated heterocycles. The molecule has 1 aromatic rings. The number of hydrogen-bond acceptors (Lipinski definition) is 5. The van der Waals surface area contributed by atoms with Crippen LogP contribution in [0.4, 0.5) is 5.69 Å². The largest absolute Gasteiger partial charge is 0.480 e. The lowest BCUT2D eigenvalue weighted by molar-refractivity contribution is -0.139. The number of nitrogens with zero attached hydrogens (tertiary/aromatic N) is 2. The van der Waals surface area contributed by atoms with Crippen molar-refractivity contribution in [1.82, 2.24) is 9.21 Å². The zero-order valence-corrected chi connectivity index (χ0v) is 16.5. The second kappa shape index (κ2) is 9.29. The van der Waals surface area contributed by atoms with Crippen molar-refractivity contribution in [2.45, 2.75) is 44.0 Å². The highest BCUT2D eigenvalue weighted by molar-refractivity contribution is 7.89. The van der Waals surface area contributed by atoms with Crippen molar-refractivity contribution < 1.29 is 23.1 Å². The van der Waals surface area contributed by atoms with Crippen molar-refractivity contribution >= 4 is 27.6 Å². The highest BCUT2D eigenvalue weighted by Crippen LogP contribution is 2.22. The van der Waals surface area contributed by atoms with Gasteiger partial charge < -0.3 is 10.4 Å². The summed E-state index contributed by atoms with van der Waals surface area (Å²) in [6, 6.07) is 6.14. The van der Waals surface area contributed by atoms with Crippen LogP contribution in [0.2, 0.25) is 0 Å². The molecule has 1 aromatic carbocycles. The second-order valence-electron chi connectivity index (χ2n) is 6.89. The Morgan fingerprint density at radius 1 is 1.19 bits per heavy atom. The number of hydrogen-bond donors (Lipinski definition) is 2. The highest BCUT2D eigenvalue weighted by Gasteiger charge is 2.26. The van der Waals surface area contributed by atoms with Crippen LogP contribution in [-0.4, -0.2) is 66.8 Å². The minimum atomic E-state index is -3.47. The molecule has 0 aliphatic carbocycles. The molecule has 0 aromatic heterocycles. The van der Waals surface area contributed by atoms with E-state index in [0.29, 0.717) is 25.3 Å². The van der Waals surface area contributed by atoms with Crippen molar-refractivity contribution in [3.05, 3.63) is 24.3 Å². The molecule has 2 N–H and O–H groups in total. The van der Waals surface area contributed by atoms with Gasteiger partial charge in [-0.15, -0.1) is 0 Å². The van der Waals surface area contributed by atoms with Crippen LogP contribution in [0.25, 0.3) is 0 Å². The van der Waals surface area contributed by atoms with Gasteiger partial charge in [0.05, 0.1) is 11.4 Å². The van der Waals surface area contributed by atoms with Gasteiger partial charge in [0, 0.05) is 37.8 Å². The number of benzene rings is 1. The minimum Gasteiger partial charge on any atom is -0.480 e. The Hall–Kier alpha value is -1.97. The molecule has 1 aliphatic heterocycles. The molecule has 0 unspecified atom stereocenters. The summed E-state index contributed by atoms with van der Waals surface area (Å²) in [5, 5.41) is 11.6. The summed E-state index contributed by atoms with van der Waals surface area (Å²) in [7, 11) is -3.47. The van der Waals surface area contributed by atoms with Crippen LogP contribution >= 0.6 is 0 Å². The van der Waals surface area contributed by atoms with Crippen molar-refractivity contribution in [2.24, 2.45) is 0 Å². The van der Waals surface area contributed by atoms with E-state index in [1.54, 1.807) is 17.0 Å². The average Bonchev–Trinajstić information content (AvgIpc) is 3.14. The molecule has 1 fully saturated rings. The van der Waals surface area contributed by atoms with Crippen molar-refractivity contribution in [1.29, 1.82) is 0 Å². The van der Waals surface area contributed by atoms with Crippen molar-refractivity contribution in [2.75, 3.05) is 31.5 Å². The van der Waals surface area contributed by atoms with Gasteiger partial charge in [0.2, 0.25) is 15.9 Å². The van der Waals surface area contributed by atoms with Crippen LogP contribution in [0.15, 0.2) is 29.2 Å². The Labute approximate surface area is 160 Å². The quantitative estimate of drug-likeness (QED) is 0.655. The summed E-state index contributed by atoms with van der Waals surface area (Å²) in [5.41, 5.74) is 0.509. The SMILES string of the molecule is CC(C)N(CCC(=O)Nc1ccc(S(=O)(=O)N2CCCC2)cc1)CC(=O)O. The average molecular weight is 397 g/mol. The van der Waals surface area contributed by atoms with Gasteiger partial charge >= 0.3 is 5.97 Å². The zero-order valence-electron chi connectivity index (χ0n) is 15.7. The topological polar surface area (TPSA) is 107 Å². The Morgan fingerprint density at radius 3 is 2.30 bits per heavy atom. The van der Waals surface area contributed by atoms with Gasteiger partial charge in [-0.1, -0.05) is 0 Å². The molecule has 0 saturated carbocycles. The molecular weight excluding hydrogens is 370 g/mol. The predicted molar refractivity (Wildman–Crippen MR) is 102 cm³/mol. The standard InChI is InChI=1S/C18H27N3O5S/c1-14(2)20(13-18(23)24)12-9-17(22)19-15-5-7-16(8-6-15)27(25,26)21-10-3-4-11-21/h5-8,14H,3-4,9-13H2,1-2H3,(H,19,22)(H,23,24). The van der Waals surface area contributed by atoms with Gasteiger partial charge in [0.15, 0.2) is 0 Å². The first kappa shape index (κ1) is 21.3. The molecule has 1 heterocycles. The first-order valence-corrected chi connectivity index (χ1v) is 10.5. The molecule has 0 radical (unpaired) electrons. The molecule has 9 heteroatoms. The number of carbonyl (C=O) groups excluding carboxylic acids is 1. The Kier molecular flexibility index (Phi) is 7.34. The van der Waals surface area contributed by atoms with E-state index >= 15 is 0 Å². The van der Waals surface area contributed by atoms with E-state index in [9.17, 15) is 18.0 Å². The number of nitrogens with one attached hydrogen (secondary N) is 1. The van der Waals surface area contributed by atoms with E-state index in [2.05, 4.69) is 5.32 Å². The molecule has 0 bridgehead atoms. The van der Waals surface area contributed by atoms with E-state index < -0.39 is 16.0 Å².